The predicted octanol–water partition coefficient (Wildman–Crippen LogP) is 2.88. The molecule has 0 saturated carbocycles. The third-order valence-corrected chi connectivity index (χ3v) is 3.12. The van der Waals surface area contributed by atoms with E-state index in [0.717, 1.165) is 24.1 Å². The second-order valence-corrected chi connectivity index (χ2v) is 4.52. The summed E-state index contributed by atoms with van der Waals surface area (Å²) in [5.74, 6) is 5.64. The summed E-state index contributed by atoms with van der Waals surface area (Å²) in [7, 11) is 1.61. The zero-order valence-electron chi connectivity index (χ0n) is 11.0. The summed E-state index contributed by atoms with van der Waals surface area (Å²) in [5, 5.41) is 0. The van der Waals surface area contributed by atoms with E-state index < -0.39 is 11.7 Å². The van der Waals surface area contributed by atoms with Crippen LogP contribution in [0.1, 0.15) is 30.5 Å². The van der Waals surface area contributed by atoms with Crippen LogP contribution in [0.15, 0.2) is 24.3 Å². The van der Waals surface area contributed by atoms with Gasteiger partial charge in [0.1, 0.15) is 0 Å². The summed E-state index contributed by atoms with van der Waals surface area (Å²) in [6.07, 6.45) is -3.54. The van der Waals surface area contributed by atoms with E-state index in [1.807, 2.05) is 6.92 Å². The van der Waals surface area contributed by atoms with Crippen molar-refractivity contribution in [1.82, 2.24) is 5.43 Å². The molecule has 2 unspecified atom stereocenters. The minimum atomic E-state index is -4.31. The number of methoxy groups -OCH3 is 1. The van der Waals surface area contributed by atoms with Gasteiger partial charge < -0.3 is 4.74 Å². The van der Waals surface area contributed by atoms with Crippen molar-refractivity contribution in [3.8, 4) is 0 Å². The monoisotopic (exact) mass is 276 g/mol. The van der Waals surface area contributed by atoms with Gasteiger partial charge in [-0.25, -0.2) is 0 Å². The molecule has 0 fully saturated rings. The normalized spacial score (nSPS) is 15.3. The van der Waals surface area contributed by atoms with E-state index in [9.17, 15) is 13.2 Å². The molecule has 0 bridgehead atoms. The molecule has 1 aromatic rings. The zero-order chi connectivity index (χ0) is 14.5. The van der Waals surface area contributed by atoms with Gasteiger partial charge in [-0.3, -0.25) is 11.3 Å². The van der Waals surface area contributed by atoms with Gasteiger partial charge in [-0.05, 0) is 30.0 Å². The number of benzene rings is 1. The number of hydrogen-bond acceptors (Lipinski definition) is 3. The van der Waals surface area contributed by atoms with Crippen LogP contribution in [-0.2, 0) is 10.9 Å². The fourth-order valence-electron chi connectivity index (χ4n) is 1.94. The summed E-state index contributed by atoms with van der Waals surface area (Å²) in [6, 6.07) is 4.86. The molecule has 0 radical (unpaired) electrons. The molecule has 3 nitrogen and oxygen atoms in total. The summed E-state index contributed by atoms with van der Waals surface area (Å²) >= 11 is 0. The lowest BCUT2D eigenvalue weighted by Gasteiger charge is -2.23. The number of halogens is 3. The first-order valence-corrected chi connectivity index (χ1v) is 6.02. The number of nitrogens with one attached hydrogen (secondary N) is 1. The molecule has 0 spiro atoms. The lowest BCUT2D eigenvalue weighted by atomic mass is 9.92. The molecule has 0 aliphatic carbocycles. The third-order valence-electron chi connectivity index (χ3n) is 3.12. The lowest BCUT2D eigenvalue weighted by Crippen LogP contribution is -2.33. The Balaban J connectivity index is 2.82. The zero-order valence-corrected chi connectivity index (χ0v) is 11.0. The van der Waals surface area contributed by atoms with Crippen LogP contribution in [0.3, 0.4) is 0 Å². The van der Waals surface area contributed by atoms with Crippen LogP contribution in [-0.4, -0.2) is 13.7 Å². The maximum Gasteiger partial charge on any atom is 0.416 e. The van der Waals surface area contributed by atoms with Crippen molar-refractivity contribution in [2.24, 2.45) is 11.8 Å². The molecule has 6 heteroatoms. The summed E-state index contributed by atoms with van der Waals surface area (Å²) in [5.41, 5.74) is 2.73. The van der Waals surface area contributed by atoms with Crippen molar-refractivity contribution >= 4 is 0 Å². The van der Waals surface area contributed by atoms with Gasteiger partial charge >= 0.3 is 6.18 Å². The van der Waals surface area contributed by atoms with E-state index in [0.29, 0.717) is 6.61 Å². The van der Waals surface area contributed by atoms with E-state index >= 15 is 0 Å². The van der Waals surface area contributed by atoms with E-state index in [-0.39, 0.29) is 12.0 Å². The Bertz CT molecular complexity index is 378. The molecular formula is C13H19F3N2O. The first kappa shape index (κ1) is 15.9. The smallest absolute Gasteiger partial charge is 0.385 e. The van der Waals surface area contributed by atoms with Crippen molar-refractivity contribution in [1.29, 1.82) is 0 Å². The van der Waals surface area contributed by atoms with E-state index in [4.69, 9.17) is 10.6 Å². The Morgan fingerprint density at radius 2 is 1.84 bits per heavy atom. The summed E-state index contributed by atoms with van der Waals surface area (Å²) < 4.78 is 42.4. The first-order chi connectivity index (χ1) is 8.90. The highest BCUT2D eigenvalue weighted by atomic mass is 19.4. The molecule has 0 aromatic heterocycles. The van der Waals surface area contributed by atoms with Crippen molar-refractivity contribution in [3.63, 3.8) is 0 Å². The van der Waals surface area contributed by atoms with Gasteiger partial charge in [0.15, 0.2) is 0 Å². The fourth-order valence-corrected chi connectivity index (χ4v) is 1.94. The number of hydrogen-bond donors (Lipinski definition) is 2. The first-order valence-electron chi connectivity index (χ1n) is 6.02. The van der Waals surface area contributed by atoms with Crippen LogP contribution in [0.2, 0.25) is 0 Å². The SMILES string of the molecule is COCCC(C)C(NN)c1ccc(C(F)(F)F)cc1. The Morgan fingerprint density at radius 1 is 1.26 bits per heavy atom. The van der Waals surface area contributed by atoms with Gasteiger partial charge in [0, 0.05) is 19.8 Å². The molecule has 3 N–H and O–H groups in total. The van der Waals surface area contributed by atoms with Crippen LogP contribution >= 0.6 is 0 Å². The molecule has 1 aromatic carbocycles. The quantitative estimate of drug-likeness (QED) is 0.620. The molecule has 108 valence electrons. The molecule has 19 heavy (non-hydrogen) atoms. The molecule has 0 amide bonds. The minimum Gasteiger partial charge on any atom is -0.385 e. The Kier molecular flexibility index (Phi) is 5.78. The highest BCUT2D eigenvalue weighted by Gasteiger charge is 2.30. The van der Waals surface area contributed by atoms with E-state index in [1.54, 1.807) is 7.11 Å². The number of rotatable bonds is 6. The van der Waals surface area contributed by atoms with Crippen LogP contribution < -0.4 is 11.3 Å². The maximum atomic E-state index is 12.5. The molecule has 2 atom stereocenters. The average molecular weight is 276 g/mol. The molecular weight excluding hydrogens is 257 g/mol. The molecule has 1 rings (SSSR count). The van der Waals surface area contributed by atoms with Crippen molar-refractivity contribution in [2.75, 3.05) is 13.7 Å². The standard InChI is InChI=1S/C13H19F3N2O/c1-9(7-8-19-2)12(18-17)10-3-5-11(6-4-10)13(14,15)16/h3-6,9,12,18H,7-8,17H2,1-2H3. The fraction of sp³-hybridized carbons (Fsp3) is 0.538. The maximum absolute atomic E-state index is 12.5. The third kappa shape index (κ3) is 4.49. The number of alkyl halides is 3. The second-order valence-electron chi connectivity index (χ2n) is 4.52. The van der Waals surface area contributed by atoms with Gasteiger partial charge in [0.2, 0.25) is 0 Å². The van der Waals surface area contributed by atoms with Crippen molar-refractivity contribution < 1.29 is 17.9 Å². The highest BCUT2D eigenvalue weighted by molar-refractivity contribution is 5.27. The molecule has 0 heterocycles. The van der Waals surface area contributed by atoms with Gasteiger partial charge in [0.05, 0.1) is 5.56 Å². The topological polar surface area (TPSA) is 47.3 Å². The minimum absolute atomic E-state index is 0.154. The van der Waals surface area contributed by atoms with Crippen LogP contribution in [0.5, 0.6) is 0 Å². The van der Waals surface area contributed by atoms with Gasteiger partial charge in [-0.15, -0.1) is 0 Å². The average Bonchev–Trinajstić information content (AvgIpc) is 2.37. The number of ether oxygens (including phenoxy) is 1. The van der Waals surface area contributed by atoms with Crippen LogP contribution in [0.4, 0.5) is 13.2 Å². The van der Waals surface area contributed by atoms with E-state index in [1.165, 1.54) is 12.1 Å². The van der Waals surface area contributed by atoms with Gasteiger partial charge in [-0.2, -0.15) is 13.2 Å². The van der Waals surface area contributed by atoms with Gasteiger partial charge in [-0.1, -0.05) is 19.1 Å². The highest BCUT2D eigenvalue weighted by Crippen LogP contribution is 2.31. The van der Waals surface area contributed by atoms with Crippen molar-refractivity contribution in [3.05, 3.63) is 35.4 Å². The Hall–Kier alpha value is -1.11. The van der Waals surface area contributed by atoms with Crippen molar-refractivity contribution in [2.45, 2.75) is 25.6 Å². The lowest BCUT2D eigenvalue weighted by molar-refractivity contribution is -0.137. The van der Waals surface area contributed by atoms with Crippen LogP contribution in [0.25, 0.3) is 0 Å². The largest absolute Gasteiger partial charge is 0.416 e. The van der Waals surface area contributed by atoms with Crippen LogP contribution in [0, 0.1) is 5.92 Å². The Morgan fingerprint density at radius 3 is 2.26 bits per heavy atom. The number of hydrazine groups is 1. The predicted molar refractivity (Wildman–Crippen MR) is 67.2 cm³/mol. The van der Waals surface area contributed by atoms with Gasteiger partial charge in [0.25, 0.3) is 0 Å². The number of nitrogens with two attached hydrogens (primary N) is 1. The van der Waals surface area contributed by atoms with E-state index in [2.05, 4.69) is 5.43 Å². The summed E-state index contributed by atoms with van der Waals surface area (Å²) in [4.78, 5) is 0. The molecule has 0 aliphatic heterocycles. The molecule has 0 aliphatic rings. The Labute approximate surface area is 110 Å². The summed E-state index contributed by atoms with van der Waals surface area (Å²) in [6.45, 7) is 2.56. The second kappa shape index (κ2) is 6.88. The molecule has 0 saturated heterocycles.